The van der Waals surface area contributed by atoms with Gasteiger partial charge < -0.3 is 30.1 Å². The largest absolute Gasteiger partial charge is 0.755 e. The number of hydrogen-bond acceptors (Lipinski definition) is 10. The van der Waals surface area contributed by atoms with Crippen LogP contribution in [0, 0.1) is 17.8 Å². The zero-order valence-corrected chi connectivity index (χ0v) is 25.4. The lowest BCUT2D eigenvalue weighted by atomic mass is 9.53. The first kappa shape index (κ1) is 30.0. The van der Waals surface area contributed by atoms with Crippen molar-refractivity contribution in [2.24, 2.45) is 17.8 Å². The minimum Gasteiger partial charge on any atom is -0.755 e. The van der Waals surface area contributed by atoms with E-state index in [-0.39, 0.29) is 17.0 Å². The first-order valence-electron chi connectivity index (χ1n) is 15.2. The summed E-state index contributed by atoms with van der Waals surface area (Å²) in [4.78, 5) is 38.3. The van der Waals surface area contributed by atoms with E-state index in [1.165, 1.54) is 21.5 Å². The van der Waals surface area contributed by atoms with Gasteiger partial charge in [-0.2, -0.15) is 0 Å². The number of carbonyl (C=O) groups excluding carboxylic acids is 2. The highest BCUT2D eigenvalue weighted by Gasteiger charge is 2.54. The predicted molar refractivity (Wildman–Crippen MR) is 161 cm³/mol. The number of rotatable bonds is 8. The molecule has 3 heterocycles. The molecule has 240 valence electrons. The first-order chi connectivity index (χ1) is 21.7. The molecule has 45 heavy (non-hydrogen) atoms. The van der Waals surface area contributed by atoms with Crippen LogP contribution in [0.15, 0.2) is 36.9 Å². The van der Waals surface area contributed by atoms with Gasteiger partial charge in [-0.15, -0.1) is 0 Å². The van der Waals surface area contributed by atoms with Crippen molar-refractivity contribution in [2.75, 3.05) is 21.5 Å². The average Bonchev–Trinajstić information content (AvgIpc) is 3.54. The zero-order chi connectivity index (χ0) is 31.5. The summed E-state index contributed by atoms with van der Waals surface area (Å²) in [6.07, 6.45) is 3.01. The number of carbonyl (C=O) groups is 2. The van der Waals surface area contributed by atoms with Crippen LogP contribution in [0.3, 0.4) is 0 Å². The zero-order valence-electron chi connectivity index (χ0n) is 24.5. The summed E-state index contributed by atoms with van der Waals surface area (Å²) in [6.45, 7) is 2.05. The van der Waals surface area contributed by atoms with E-state index in [1.807, 2.05) is 0 Å². The second-order valence-electron chi connectivity index (χ2n) is 12.6. The fourth-order valence-electron chi connectivity index (χ4n) is 8.34. The van der Waals surface area contributed by atoms with Crippen molar-refractivity contribution >= 4 is 51.6 Å². The molecular weight excluding hydrogens is 604 g/mol. The van der Waals surface area contributed by atoms with Crippen LogP contribution in [0.2, 0.25) is 0 Å². The standard InChI is InChI=1S/C29H36N8O7S/c1-2-30-26(40)23-21(38)22(39)27(44-23)36-14-33-20-24(31-13-32-25(20)36)35-28(41)34-18-5-3-4-6-19(18)37(45(42)43)29-10-15-7-16(11-29)9-17(8-15)12-29/h3-6,13-17,21-23,27,38-39H,2,7-12H2,1H3,(H,30,40)(H,42,43)(H2,31,32,34,35,41)/p-1/t15?,16?,17?,21-,22+,23-,27+,29?/m0/s1. The lowest BCUT2D eigenvalue weighted by Gasteiger charge is -2.61. The molecule has 4 aliphatic carbocycles. The van der Waals surface area contributed by atoms with Gasteiger partial charge in [0.25, 0.3) is 5.91 Å². The number of nitrogens with one attached hydrogen (secondary N) is 3. The van der Waals surface area contributed by atoms with Crippen LogP contribution < -0.4 is 20.3 Å². The van der Waals surface area contributed by atoms with Gasteiger partial charge in [-0.3, -0.25) is 23.2 Å². The Balaban J connectivity index is 1.12. The summed E-state index contributed by atoms with van der Waals surface area (Å²) in [7, 11) is 0. The lowest BCUT2D eigenvalue weighted by molar-refractivity contribution is -0.137. The third-order valence-corrected chi connectivity index (χ3v) is 10.6. The fourth-order valence-corrected chi connectivity index (χ4v) is 9.20. The Hall–Kier alpha value is -3.70. The van der Waals surface area contributed by atoms with Crippen LogP contribution in [0.25, 0.3) is 11.2 Å². The molecule has 1 aliphatic heterocycles. The number of hydrogen-bond donors (Lipinski definition) is 5. The number of nitrogens with zero attached hydrogens (tertiary/aromatic N) is 5. The Kier molecular flexibility index (Phi) is 7.72. The number of aromatic nitrogens is 4. The van der Waals surface area contributed by atoms with Gasteiger partial charge in [0.2, 0.25) is 0 Å². The molecule has 5 N–H and O–H groups in total. The van der Waals surface area contributed by atoms with Gasteiger partial charge >= 0.3 is 6.03 Å². The van der Waals surface area contributed by atoms with Crippen molar-refractivity contribution in [1.82, 2.24) is 24.8 Å². The Bertz CT molecular complexity index is 1620. The van der Waals surface area contributed by atoms with Gasteiger partial charge in [0.05, 0.1) is 23.2 Å². The van der Waals surface area contributed by atoms with Crippen LogP contribution in [-0.4, -0.2) is 80.8 Å². The molecule has 15 nitrogen and oxygen atoms in total. The number of urea groups is 1. The summed E-state index contributed by atoms with van der Waals surface area (Å²) in [6, 6.07) is 6.18. The Labute approximate surface area is 261 Å². The quantitative estimate of drug-likeness (QED) is 0.226. The minimum absolute atomic E-state index is 0.0485. The van der Waals surface area contributed by atoms with Crippen LogP contribution in [0.4, 0.5) is 22.0 Å². The summed E-state index contributed by atoms with van der Waals surface area (Å²) in [5, 5.41) is 29.1. The summed E-state index contributed by atoms with van der Waals surface area (Å²) >= 11 is -2.56. The number of fused-ring (bicyclic) bond motifs is 1. The normalized spacial score (nSPS) is 32.4. The third kappa shape index (κ3) is 5.23. The molecule has 5 atom stereocenters. The number of aliphatic hydroxyl groups excluding tert-OH is 2. The molecule has 3 amide bonds. The number of ether oxygens (including phenoxy) is 1. The number of para-hydroxylation sites is 2. The minimum atomic E-state index is -2.56. The maximum Gasteiger partial charge on any atom is 0.324 e. The monoisotopic (exact) mass is 639 g/mol. The molecule has 5 fully saturated rings. The molecule has 8 rings (SSSR count). The Morgan fingerprint density at radius 1 is 1.07 bits per heavy atom. The van der Waals surface area contributed by atoms with Gasteiger partial charge in [-0.05, 0) is 75.3 Å². The maximum absolute atomic E-state index is 13.3. The highest BCUT2D eigenvalue weighted by molar-refractivity contribution is 7.80. The molecule has 4 bridgehead atoms. The van der Waals surface area contributed by atoms with E-state index in [0.29, 0.717) is 35.7 Å². The van der Waals surface area contributed by atoms with E-state index >= 15 is 0 Å². The van der Waals surface area contributed by atoms with Crippen molar-refractivity contribution in [3.8, 4) is 0 Å². The van der Waals surface area contributed by atoms with Crippen molar-refractivity contribution < 1.29 is 33.3 Å². The molecule has 16 heteroatoms. The topological polar surface area (TPSA) is 207 Å². The van der Waals surface area contributed by atoms with E-state index in [2.05, 4.69) is 30.9 Å². The van der Waals surface area contributed by atoms with Crippen molar-refractivity contribution in [3.63, 3.8) is 0 Å². The Morgan fingerprint density at radius 3 is 2.42 bits per heavy atom. The van der Waals surface area contributed by atoms with Crippen LogP contribution in [0.1, 0.15) is 51.7 Å². The second-order valence-corrected chi connectivity index (χ2v) is 13.4. The first-order valence-corrected chi connectivity index (χ1v) is 16.2. The maximum atomic E-state index is 13.3. The average molecular weight is 640 g/mol. The Morgan fingerprint density at radius 2 is 1.76 bits per heavy atom. The molecule has 1 unspecified atom stereocenters. The predicted octanol–water partition coefficient (Wildman–Crippen LogP) is 1.79. The van der Waals surface area contributed by atoms with E-state index in [4.69, 9.17) is 4.74 Å². The fraction of sp³-hybridized carbons (Fsp3) is 0.552. The van der Waals surface area contributed by atoms with Crippen LogP contribution in [-0.2, 0) is 20.8 Å². The van der Waals surface area contributed by atoms with Crippen LogP contribution in [0.5, 0.6) is 0 Å². The van der Waals surface area contributed by atoms with Crippen molar-refractivity contribution in [2.45, 2.75) is 75.5 Å². The van der Waals surface area contributed by atoms with Crippen LogP contribution >= 0.6 is 0 Å². The molecule has 0 spiro atoms. The second kappa shape index (κ2) is 11.6. The smallest absolute Gasteiger partial charge is 0.324 e. The number of aliphatic hydroxyl groups is 2. The van der Waals surface area contributed by atoms with E-state index < -0.39 is 53.3 Å². The van der Waals surface area contributed by atoms with Gasteiger partial charge in [-0.25, -0.2) is 19.7 Å². The molecule has 1 saturated heterocycles. The van der Waals surface area contributed by atoms with E-state index in [9.17, 15) is 28.6 Å². The number of anilines is 3. The molecular formula is C29H35N8O7S-. The summed E-state index contributed by atoms with van der Waals surface area (Å²) in [5.74, 6) is 1.04. The molecule has 5 aliphatic rings. The number of amides is 3. The summed E-state index contributed by atoms with van der Waals surface area (Å²) in [5.41, 5.74) is 0.593. The molecule has 0 radical (unpaired) electrons. The highest BCUT2D eigenvalue weighted by atomic mass is 32.2. The molecule has 3 aromatic rings. The SMILES string of the molecule is CCNC(=O)[C@H]1O[C@@H](n2cnc3c(NC(=O)Nc4ccccc4N(S(=O)[O-])C45CC6CC(CC(C6)C4)C5)ncnc32)[C@H](O)[C@@H]1O. The van der Waals surface area contributed by atoms with E-state index in [0.717, 1.165) is 38.5 Å². The van der Waals surface area contributed by atoms with Crippen molar-refractivity contribution in [3.05, 3.63) is 36.9 Å². The molecule has 2 aromatic heterocycles. The lowest BCUT2D eigenvalue weighted by Crippen LogP contribution is -2.60. The third-order valence-electron chi connectivity index (χ3n) is 9.67. The molecule has 1 aromatic carbocycles. The van der Waals surface area contributed by atoms with Gasteiger partial charge in [0.1, 0.15) is 18.5 Å². The number of imidazole rings is 1. The van der Waals surface area contributed by atoms with Crippen molar-refractivity contribution in [1.29, 1.82) is 0 Å². The van der Waals surface area contributed by atoms with Gasteiger partial charge in [0, 0.05) is 17.8 Å². The molecule has 4 saturated carbocycles. The van der Waals surface area contributed by atoms with Gasteiger partial charge in [0.15, 0.2) is 29.3 Å². The van der Waals surface area contributed by atoms with E-state index in [1.54, 1.807) is 31.2 Å². The summed E-state index contributed by atoms with van der Waals surface area (Å²) < 4.78 is 34.2. The number of benzene rings is 1. The van der Waals surface area contributed by atoms with Gasteiger partial charge in [-0.1, -0.05) is 12.1 Å². The highest BCUT2D eigenvalue weighted by Crippen LogP contribution is 2.59. The number of likely N-dealkylation sites (N-methyl/N-ethyl adjacent to an activating group) is 1.